The molecule has 1 aliphatic rings. The third kappa shape index (κ3) is 5.05. The van der Waals surface area contributed by atoms with Gasteiger partial charge in [0.25, 0.3) is 0 Å². The van der Waals surface area contributed by atoms with E-state index in [4.69, 9.17) is 4.74 Å². The standard InChI is InChI=1S/C15H24O3/c1-11-6-5-7-12(2)10-14(16)18-13(9-8-11)15(3,4)17/h6,10,13,17H,5,7-9H2,1-4H3/b11-6+,12-10+. The summed E-state index contributed by atoms with van der Waals surface area (Å²) in [4.78, 5) is 11.7. The summed E-state index contributed by atoms with van der Waals surface area (Å²) in [6.45, 7) is 7.38. The molecule has 102 valence electrons. The van der Waals surface area contributed by atoms with E-state index in [1.54, 1.807) is 13.8 Å². The fourth-order valence-electron chi connectivity index (χ4n) is 2.01. The highest BCUT2D eigenvalue weighted by Crippen LogP contribution is 2.22. The number of hydrogen-bond acceptors (Lipinski definition) is 3. The van der Waals surface area contributed by atoms with Crippen molar-refractivity contribution in [1.82, 2.24) is 0 Å². The first-order valence-electron chi connectivity index (χ1n) is 6.55. The normalized spacial score (nSPS) is 29.4. The van der Waals surface area contributed by atoms with Crippen molar-refractivity contribution in [3.8, 4) is 0 Å². The molecule has 1 atom stereocenters. The van der Waals surface area contributed by atoms with Crippen LogP contribution in [0.2, 0.25) is 0 Å². The fourth-order valence-corrected chi connectivity index (χ4v) is 2.01. The van der Waals surface area contributed by atoms with Gasteiger partial charge in [-0.2, -0.15) is 0 Å². The molecule has 1 rings (SSSR count). The molecule has 1 aliphatic heterocycles. The third-order valence-electron chi connectivity index (χ3n) is 3.24. The SMILES string of the molecule is C/C1=C\C(=O)OC(C(C)(C)O)CC/C(C)=C/CC1. The largest absolute Gasteiger partial charge is 0.456 e. The smallest absolute Gasteiger partial charge is 0.331 e. The fraction of sp³-hybridized carbons (Fsp3) is 0.667. The van der Waals surface area contributed by atoms with Gasteiger partial charge in [0.1, 0.15) is 6.10 Å². The molecule has 1 unspecified atom stereocenters. The quantitative estimate of drug-likeness (QED) is 0.576. The minimum Gasteiger partial charge on any atom is -0.456 e. The Morgan fingerprint density at radius 1 is 1.28 bits per heavy atom. The number of cyclic esters (lactones) is 1. The second-order valence-electron chi connectivity index (χ2n) is 5.70. The van der Waals surface area contributed by atoms with Crippen molar-refractivity contribution in [2.45, 2.75) is 65.1 Å². The number of carbonyl (C=O) groups excluding carboxylic acids is 1. The van der Waals surface area contributed by atoms with E-state index < -0.39 is 11.7 Å². The highest BCUT2D eigenvalue weighted by atomic mass is 16.6. The van der Waals surface area contributed by atoms with Crippen LogP contribution in [0.1, 0.15) is 53.4 Å². The van der Waals surface area contributed by atoms with Gasteiger partial charge in [0, 0.05) is 6.08 Å². The van der Waals surface area contributed by atoms with E-state index in [9.17, 15) is 9.90 Å². The first kappa shape index (κ1) is 15.0. The Balaban J connectivity index is 2.88. The van der Waals surface area contributed by atoms with Crippen LogP contribution in [0.5, 0.6) is 0 Å². The van der Waals surface area contributed by atoms with Crippen LogP contribution in [-0.2, 0) is 9.53 Å². The van der Waals surface area contributed by atoms with E-state index in [2.05, 4.69) is 13.0 Å². The predicted molar refractivity (Wildman–Crippen MR) is 72.2 cm³/mol. The Kier molecular flexibility index (Phi) is 5.15. The molecule has 0 radical (unpaired) electrons. The van der Waals surface area contributed by atoms with Crippen LogP contribution in [-0.4, -0.2) is 22.8 Å². The van der Waals surface area contributed by atoms with E-state index in [1.807, 2.05) is 6.92 Å². The third-order valence-corrected chi connectivity index (χ3v) is 3.24. The molecule has 0 bridgehead atoms. The first-order chi connectivity index (χ1) is 8.29. The van der Waals surface area contributed by atoms with E-state index in [1.165, 1.54) is 11.6 Å². The van der Waals surface area contributed by atoms with Gasteiger partial charge in [0.15, 0.2) is 0 Å². The van der Waals surface area contributed by atoms with Gasteiger partial charge in [0.05, 0.1) is 5.60 Å². The average Bonchev–Trinajstić information content (AvgIpc) is 2.23. The molecule has 0 aromatic rings. The number of rotatable bonds is 1. The molecule has 0 fully saturated rings. The molecule has 1 N–H and O–H groups in total. The Hall–Kier alpha value is -1.09. The second kappa shape index (κ2) is 6.19. The van der Waals surface area contributed by atoms with Crippen LogP contribution in [0.4, 0.5) is 0 Å². The number of ether oxygens (including phenoxy) is 1. The maximum Gasteiger partial charge on any atom is 0.331 e. The molecule has 1 heterocycles. The topological polar surface area (TPSA) is 46.5 Å². The predicted octanol–water partition coefficient (Wildman–Crippen LogP) is 3.14. The zero-order valence-corrected chi connectivity index (χ0v) is 11.8. The van der Waals surface area contributed by atoms with Gasteiger partial charge in [-0.1, -0.05) is 17.2 Å². The van der Waals surface area contributed by atoms with Crippen molar-refractivity contribution in [2.24, 2.45) is 0 Å². The molecule has 0 saturated heterocycles. The van der Waals surface area contributed by atoms with Gasteiger partial charge in [-0.25, -0.2) is 4.79 Å². The number of esters is 1. The van der Waals surface area contributed by atoms with Gasteiger partial charge < -0.3 is 9.84 Å². The number of carbonyl (C=O) groups is 1. The molecule has 0 spiro atoms. The van der Waals surface area contributed by atoms with Crippen LogP contribution >= 0.6 is 0 Å². The molecular formula is C15H24O3. The molecular weight excluding hydrogens is 228 g/mol. The maximum absolute atomic E-state index is 11.7. The van der Waals surface area contributed by atoms with E-state index in [0.29, 0.717) is 6.42 Å². The Morgan fingerprint density at radius 2 is 1.94 bits per heavy atom. The van der Waals surface area contributed by atoms with Crippen molar-refractivity contribution in [3.63, 3.8) is 0 Å². The average molecular weight is 252 g/mol. The lowest BCUT2D eigenvalue weighted by Gasteiger charge is -2.28. The van der Waals surface area contributed by atoms with Crippen LogP contribution in [0.15, 0.2) is 23.3 Å². The number of hydrogen-bond donors (Lipinski definition) is 1. The maximum atomic E-state index is 11.7. The monoisotopic (exact) mass is 252 g/mol. The van der Waals surface area contributed by atoms with Crippen LogP contribution < -0.4 is 0 Å². The zero-order valence-electron chi connectivity index (χ0n) is 11.8. The van der Waals surface area contributed by atoms with E-state index in [-0.39, 0.29) is 5.97 Å². The number of allylic oxidation sites excluding steroid dienone is 3. The summed E-state index contributed by atoms with van der Waals surface area (Å²) in [5, 5.41) is 10.0. The lowest BCUT2D eigenvalue weighted by molar-refractivity contribution is -0.156. The van der Waals surface area contributed by atoms with Gasteiger partial charge in [-0.05, 0) is 53.4 Å². The van der Waals surface area contributed by atoms with Gasteiger partial charge in [-0.3, -0.25) is 0 Å². The summed E-state index contributed by atoms with van der Waals surface area (Å²) in [5.74, 6) is -0.348. The van der Waals surface area contributed by atoms with Crippen molar-refractivity contribution < 1.29 is 14.6 Å². The Labute approximate surface area is 110 Å². The van der Waals surface area contributed by atoms with Crippen LogP contribution in [0, 0.1) is 0 Å². The Morgan fingerprint density at radius 3 is 2.56 bits per heavy atom. The summed E-state index contributed by atoms with van der Waals surface area (Å²) in [6, 6.07) is 0. The molecule has 3 nitrogen and oxygen atoms in total. The van der Waals surface area contributed by atoms with E-state index in [0.717, 1.165) is 24.8 Å². The molecule has 18 heavy (non-hydrogen) atoms. The second-order valence-corrected chi connectivity index (χ2v) is 5.70. The molecule has 0 aromatic carbocycles. The van der Waals surface area contributed by atoms with E-state index >= 15 is 0 Å². The summed E-state index contributed by atoms with van der Waals surface area (Å²) in [5.41, 5.74) is 1.29. The minimum atomic E-state index is -1.01. The highest BCUT2D eigenvalue weighted by Gasteiger charge is 2.29. The first-order valence-corrected chi connectivity index (χ1v) is 6.55. The van der Waals surface area contributed by atoms with Crippen molar-refractivity contribution in [3.05, 3.63) is 23.3 Å². The molecule has 0 amide bonds. The summed E-state index contributed by atoms with van der Waals surface area (Å²) < 4.78 is 5.37. The van der Waals surface area contributed by atoms with Gasteiger partial charge in [-0.15, -0.1) is 0 Å². The molecule has 3 heteroatoms. The van der Waals surface area contributed by atoms with Gasteiger partial charge in [0.2, 0.25) is 0 Å². The van der Waals surface area contributed by atoms with Gasteiger partial charge >= 0.3 is 5.97 Å². The minimum absolute atomic E-state index is 0.348. The highest BCUT2D eigenvalue weighted by molar-refractivity contribution is 5.82. The van der Waals surface area contributed by atoms with Crippen molar-refractivity contribution in [2.75, 3.05) is 0 Å². The van der Waals surface area contributed by atoms with Crippen molar-refractivity contribution >= 4 is 5.97 Å². The molecule has 0 aromatic heterocycles. The number of aliphatic hydroxyl groups is 1. The summed E-state index contributed by atoms with van der Waals surface area (Å²) >= 11 is 0. The molecule has 0 aliphatic carbocycles. The molecule has 0 saturated carbocycles. The Bertz CT molecular complexity index is 358. The summed E-state index contributed by atoms with van der Waals surface area (Å²) in [7, 11) is 0. The lowest BCUT2D eigenvalue weighted by Crippen LogP contribution is -2.39. The van der Waals surface area contributed by atoms with Crippen LogP contribution in [0.25, 0.3) is 0 Å². The van der Waals surface area contributed by atoms with Crippen LogP contribution in [0.3, 0.4) is 0 Å². The van der Waals surface area contributed by atoms with Crippen molar-refractivity contribution in [1.29, 1.82) is 0 Å². The lowest BCUT2D eigenvalue weighted by atomic mass is 9.95. The summed E-state index contributed by atoms with van der Waals surface area (Å²) in [6.07, 6.45) is 6.61. The zero-order chi connectivity index (χ0) is 13.8.